The fourth-order valence-electron chi connectivity index (χ4n) is 5.36. The number of aryl methyl sites for hydroxylation is 1. The highest BCUT2D eigenvalue weighted by atomic mass is 19.4. The SMILES string of the molecule is CCCCCC1CCC(c2ccc(C3=Cc4cc(F)c(OC(F)(F)F)cc4CC3)cc2)CC1. The van der Waals surface area contributed by atoms with Crippen molar-refractivity contribution < 1.29 is 22.3 Å². The molecule has 33 heavy (non-hydrogen) atoms. The van der Waals surface area contributed by atoms with Crippen LogP contribution in [0.5, 0.6) is 5.75 Å². The molecule has 1 saturated carbocycles. The summed E-state index contributed by atoms with van der Waals surface area (Å²) in [5, 5.41) is 0. The largest absolute Gasteiger partial charge is 0.573 e. The molecule has 2 aliphatic carbocycles. The van der Waals surface area contributed by atoms with Gasteiger partial charge >= 0.3 is 6.36 Å². The molecular weight excluding hydrogens is 428 g/mol. The number of halogens is 4. The summed E-state index contributed by atoms with van der Waals surface area (Å²) in [6.45, 7) is 2.25. The Morgan fingerprint density at radius 2 is 1.67 bits per heavy atom. The van der Waals surface area contributed by atoms with E-state index in [1.165, 1.54) is 63.0 Å². The summed E-state index contributed by atoms with van der Waals surface area (Å²) in [5.41, 5.74) is 4.86. The van der Waals surface area contributed by atoms with Gasteiger partial charge < -0.3 is 4.74 Å². The van der Waals surface area contributed by atoms with Gasteiger partial charge in [-0.05, 0) is 90.3 Å². The summed E-state index contributed by atoms with van der Waals surface area (Å²) in [6.07, 6.45) is 8.76. The monoisotopic (exact) mass is 460 g/mol. The molecule has 0 amide bonds. The minimum absolute atomic E-state index is 0.555. The van der Waals surface area contributed by atoms with Crippen molar-refractivity contribution in [2.24, 2.45) is 5.92 Å². The fraction of sp³-hybridized carbons (Fsp3) is 0.500. The van der Waals surface area contributed by atoms with E-state index in [1.54, 1.807) is 0 Å². The van der Waals surface area contributed by atoms with Crippen molar-refractivity contribution in [1.82, 2.24) is 0 Å². The van der Waals surface area contributed by atoms with Gasteiger partial charge in [-0.3, -0.25) is 0 Å². The molecule has 2 aliphatic rings. The van der Waals surface area contributed by atoms with E-state index >= 15 is 0 Å². The summed E-state index contributed by atoms with van der Waals surface area (Å²) in [6, 6.07) is 11.0. The maximum absolute atomic E-state index is 14.2. The van der Waals surface area contributed by atoms with Gasteiger partial charge in [0.05, 0.1) is 0 Å². The molecule has 5 heteroatoms. The number of allylic oxidation sites excluding steroid dienone is 1. The van der Waals surface area contributed by atoms with Crippen molar-refractivity contribution in [2.75, 3.05) is 0 Å². The quantitative estimate of drug-likeness (QED) is 0.296. The predicted molar refractivity (Wildman–Crippen MR) is 125 cm³/mol. The first-order valence-electron chi connectivity index (χ1n) is 12.2. The molecule has 2 aromatic carbocycles. The van der Waals surface area contributed by atoms with Gasteiger partial charge in [-0.25, -0.2) is 4.39 Å². The predicted octanol–water partition coefficient (Wildman–Crippen LogP) is 9.07. The molecular formula is C28H32F4O. The van der Waals surface area contributed by atoms with E-state index in [2.05, 4.69) is 35.9 Å². The van der Waals surface area contributed by atoms with Gasteiger partial charge in [0.15, 0.2) is 11.6 Å². The highest BCUT2D eigenvalue weighted by molar-refractivity contribution is 5.84. The van der Waals surface area contributed by atoms with Crippen LogP contribution in [0.2, 0.25) is 0 Å². The Hall–Kier alpha value is -2.30. The fourth-order valence-corrected chi connectivity index (χ4v) is 5.36. The first-order chi connectivity index (χ1) is 15.8. The Labute approximate surface area is 193 Å². The smallest absolute Gasteiger partial charge is 0.403 e. The molecule has 0 aliphatic heterocycles. The molecule has 0 atom stereocenters. The van der Waals surface area contributed by atoms with Crippen LogP contribution in [0.3, 0.4) is 0 Å². The van der Waals surface area contributed by atoms with Gasteiger partial charge in [-0.15, -0.1) is 13.2 Å². The lowest BCUT2D eigenvalue weighted by molar-refractivity contribution is -0.275. The Bertz CT molecular complexity index is 967. The maximum Gasteiger partial charge on any atom is 0.573 e. The summed E-state index contributed by atoms with van der Waals surface area (Å²) in [5.74, 6) is -0.238. The zero-order valence-corrected chi connectivity index (χ0v) is 19.2. The number of rotatable bonds is 7. The highest BCUT2D eigenvalue weighted by Gasteiger charge is 2.33. The van der Waals surface area contributed by atoms with Crippen molar-refractivity contribution >= 4 is 11.6 Å². The second-order valence-corrected chi connectivity index (χ2v) is 9.53. The zero-order chi connectivity index (χ0) is 23.4. The molecule has 1 nitrogen and oxygen atoms in total. The van der Waals surface area contributed by atoms with Crippen LogP contribution in [-0.2, 0) is 6.42 Å². The summed E-state index contributed by atoms with van der Waals surface area (Å²) in [7, 11) is 0. The Balaban J connectivity index is 1.41. The van der Waals surface area contributed by atoms with E-state index in [9.17, 15) is 17.6 Å². The first-order valence-corrected chi connectivity index (χ1v) is 12.2. The average Bonchev–Trinajstić information content (AvgIpc) is 2.79. The second-order valence-electron chi connectivity index (χ2n) is 9.53. The van der Waals surface area contributed by atoms with Crippen LogP contribution in [0.25, 0.3) is 11.6 Å². The molecule has 1 fully saturated rings. The lowest BCUT2D eigenvalue weighted by Gasteiger charge is -2.29. The van der Waals surface area contributed by atoms with E-state index in [4.69, 9.17) is 0 Å². The Kier molecular flexibility index (Phi) is 7.45. The molecule has 0 bridgehead atoms. The Morgan fingerprint density at radius 1 is 0.939 bits per heavy atom. The third kappa shape index (κ3) is 6.18. The highest BCUT2D eigenvalue weighted by Crippen LogP contribution is 2.39. The molecule has 0 radical (unpaired) electrons. The molecule has 0 aromatic heterocycles. The lowest BCUT2D eigenvalue weighted by Crippen LogP contribution is -2.18. The van der Waals surface area contributed by atoms with Gasteiger partial charge in [-0.2, -0.15) is 0 Å². The summed E-state index contributed by atoms with van der Waals surface area (Å²) < 4.78 is 55.4. The van der Waals surface area contributed by atoms with Crippen LogP contribution in [0, 0.1) is 11.7 Å². The van der Waals surface area contributed by atoms with Crippen LogP contribution < -0.4 is 4.74 Å². The van der Waals surface area contributed by atoms with E-state index in [0.717, 1.165) is 23.1 Å². The topological polar surface area (TPSA) is 9.23 Å². The van der Waals surface area contributed by atoms with E-state index in [1.807, 2.05) is 6.08 Å². The van der Waals surface area contributed by atoms with Gasteiger partial charge in [0.1, 0.15) is 0 Å². The van der Waals surface area contributed by atoms with Crippen molar-refractivity contribution in [3.63, 3.8) is 0 Å². The number of benzene rings is 2. The zero-order valence-electron chi connectivity index (χ0n) is 19.2. The standard InChI is InChI=1S/C28H32F4O/c1-2-3-4-5-19-6-8-20(9-7-19)21-10-12-22(13-11-21)23-14-15-24-18-27(33-28(30,31)32)26(29)17-25(24)16-23/h10-13,16-20H,2-9,14-15H2,1H3. The average molecular weight is 461 g/mol. The minimum atomic E-state index is -4.90. The minimum Gasteiger partial charge on any atom is -0.403 e. The van der Waals surface area contributed by atoms with Gasteiger partial charge in [-0.1, -0.05) is 62.9 Å². The van der Waals surface area contributed by atoms with Gasteiger partial charge in [0.2, 0.25) is 0 Å². The summed E-state index contributed by atoms with van der Waals surface area (Å²) in [4.78, 5) is 0. The van der Waals surface area contributed by atoms with Crippen LogP contribution >= 0.6 is 0 Å². The van der Waals surface area contributed by atoms with Crippen molar-refractivity contribution in [3.05, 3.63) is 64.5 Å². The molecule has 0 spiro atoms. The molecule has 0 N–H and O–H groups in total. The first kappa shape index (κ1) is 23.8. The van der Waals surface area contributed by atoms with E-state index in [-0.39, 0.29) is 0 Å². The van der Waals surface area contributed by atoms with E-state index in [0.29, 0.717) is 29.9 Å². The second kappa shape index (κ2) is 10.3. The lowest BCUT2D eigenvalue weighted by atomic mass is 9.77. The van der Waals surface area contributed by atoms with Crippen LogP contribution in [-0.4, -0.2) is 6.36 Å². The third-order valence-corrected chi connectivity index (χ3v) is 7.23. The molecule has 4 rings (SSSR count). The van der Waals surface area contributed by atoms with Crippen LogP contribution in [0.15, 0.2) is 36.4 Å². The molecule has 0 saturated heterocycles. The van der Waals surface area contributed by atoms with E-state index < -0.39 is 17.9 Å². The van der Waals surface area contributed by atoms with Crippen LogP contribution in [0.4, 0.5) is 17.6 Å². The van der Waals surface area contributed by atoms with Crippen molar-refractivity contribution in [2.45, 2.75) is 83.4 Å². The number of unbranched alkanes of at least 4 members (excludes halogenated alkanes) is 2. The number of hydrogen-bond donors (Lipinski definition) is 0. The number of hydrogen-bond acceptors (Lipinski definition) is 1. The number of alkyl halides is 3. The van der Waals surface area contributed by atoms with Crippen LogP contribution in [0.1, 0.15) is 92.9 Å². The molecule has 2 aromatic rings. The molecule has 0 heterocycles. The maximum atomic E-state index is 14.2. The van der Waals surface area contributed by atoms with Crippen molar-refractivity contribution in [3.8, 4) is 5.75 Å². The number of fused-ring (bicyclic) bond motifs is 1. The van der Waals surface area contributed by atoms with Crippen molar-refractivity contribution in [1.29, 1.82) is 0 Å². The number of ether oxygens (including phenoxy) is 1. The normalized spacial score (nSPS) is 20.8. The van der Waals surface area contributed by atoms with Gasteiger partial charge in [0.25, 0.3) is 0 Å². The Morgan fingerprint density at radius 3 is 2.33 bits per heavy atom. The summed E-state index contributed by atoms with van der Waals surface area (Å²) >= 11 is 0. The molecule has 0 unspecified atom stereocenters. The van der Waals surface area contributed by atoms with Gasteiger partial charge in [0, 0.05) is 0 Å². The third-order valence-electron chi connectivity index (χ3n) is 7.23. The molecule has 178 valence electrons.